The van der Waals surface area contributed by atoms with Gasteiger partial charge in [0.05, 0.1) is 6.54 Å². The van der Waals surface area contributed by atoms with Crippen molar-refractivity contribution in [1.29, 1.82) is 0 Å². The Hall–Kier alpha value is -3.68. The maximum atomic E-state index is 13.0. The number of imide groups is 1. The summed E-state index contributed by atoms with van der Waals surface area (Å²) in [5, 5.41) is 12.8. The molecule has 0 saturated carbocycles. The van der Waals surface area contributed by atoms with Crippen molar-refractivity contribution < 1.29 is 47.0 Å². The minimum absolute atomic E-state index is 0.0310. The lowest BCUT2D eigenvalue weighted by Gasteiger charge is -2.45. The minimum atomic E-state index is -5.08. The van der Waals surface area contributed by atoms with Crippen LogP contribution in [0.3, 0.4) is 0 Å². The van der Waals surface area contributed by atoms with E-state index in [1.165, 1.54) is 11.3 Å². The first-order valence-corrected chi connectivity index (χ1v) is 13.1. The van der Waals surface area contributed by atoms with E-state index in [0.29, 0.717) is 23.3 Å². The molecular weight excluding hydrogens is 537 g/mol. The predicted molar refractivity (Wildman–Crippen MR) is 132 cm³/mol. The second-order valence-corrected chi connectivity index (χ2v) is 10.4. The van der Waals surface area contributed by atoms with Crippen LogP contribution < -0.4 is 15.4 Å². The molecule has 11 nitrogen and oxygen atoms in total. The number of halogens is 3. The fourth-order valence-electron chi connectivity index (χ4n) is 5.71. The summed E-state index contributed by atoms with van der Waals surface area (Å²) in [5.74, 6) is -3.30. The number of carboxylic acids is 1. The van der Waals surface area contributed by atoms with E-state index in [0.717, 1.165) is 45.4 Å². The molecule has 3 N–H and O–H groups in total. The third-order valence-electron chi connectivity index (χ3n) is 7.81. The number of fused-ring (bicyclic) bond motifs is 1. The summed E-state index contributed by atoms with van der Waals surface area (Å²) in [6.45, 7) is 3.71. The van der Waals surface area contributed by atoms with Gasteiger partial charge in [0.15, 0.2) is 6.61 Å². The molecule has 4 aliphatic rings. The Morgan fingerprint density at radius 3 is 2.48 bits per heavy atom. The molecule has 4 amide bonds. The van der Waals surface area contributed by atoms with Gasteiger partial charge in [-0.15, -0.1) is 0 Å². The van der Waals surface area contributed by atoms with Crippen LogP contribution in [0.4, 0.5) is 13.2 Å². The molecule has 40 heavy (non-hydrogen) atoms. The van der Waals surface area contributed by atoms with E-state index >= 15 is 0 Å². The number of aliphatic carboxylic acids is 1. The Bertz CT molecular complexity index is 1180. The topological polar surface area (TPSA) is 145 Å². The lowest BCUT2D eigenvalue weighted by molar-refractivity contribution is -0.192. The second kappa shape index (κ2) is 11.8. The second-order valence-electron chi connectivity index (χ2n) is 10.4. The molecule has 3 fully saturated rings. The molecule has 0 aliphatic carbocycles. The fourth-order valence-corrected chi connectivity index (χ4v) is 5.71. The van der Waals surface area contributed by atoms with Crippen LogP contribution >= 0.6 is 0 Å². The summed E-state index contributed by atoms with van der Waals surface area (Å²) in [4.78, 5) is 62.0. The van der Waals surface area contributed by atoms with Gasteiger partial charge in [-0.05, 0) is 62.7 Å². The van der Waals surface area contributed by atoms with E-state index in [9.17, 15) is 32.3 Å². The van der Waals surface area contributed by atoms with Crippen LogP contribution in [0.2, 0.25) is 0 Å². The van der Waals surface area contributed by atoms with Gasteiger partial charge >= 0.3 is 12.1 Å². The van der Waals surface area contributed by atoms with Crippen molar-refractivity contribution in [3.8, 4) is 5.75 Å². The van der Waals surface area contributed by atoms with Crippen LogP contribution in [0.5, 0.6) is 5.75 Å². The highest BCUT2D eigenvalue weighted by molar-refractivity contribution is 6.05. The van der Waals surface area contributed by atoms with Crippen molar-refractivity contribution >= 4 is 29.6 Å². The number of likely N-dealkylation sites (tertiary alicyclic amines) is 1. The Labute approximate surface area is 228 Å². The van der Waals surface area contributed by atoms with Crippen LogP contribution in [0, 0.1) is 5.41 Å². The van der Waals surface area contributed by atoms with E-state index in [2.05, 4.69) is 10.6 Å². The highest BCUT2D eigenvalue weighted by Crippen LogP contribution is 2.38. The molecule has 0 bridgehead atoms. The number of alkyl halides is 3. The molecular formula is C26H31F3N4O7. The summed E-state index contributed by atoms with van der Waals surface area (Å²) in [6, 6.07) is 4.53. The van der Waals surface area contributed by atoms with E-state index in [1.807, 2.05) is 4.90 Å². The van der Waals surface area contributed by atoms with Crippen molar-refractivity contribution in [2.45, 2.75) is 57.3 Å². The van der Waals surface area contributed by atoms with Gasteiger partial charge in [0, 0.05) is 30.6 Å². The molecule has 218 valence electrons. The zero-order chi connectivity index (χ0) is 29.1. The molecule has 4 aliphatic heterocycles. The van der Waals surface area contributed by atoms with Crippen molar-refractivity contribution in [2.75, 3.05) is 32.8 Å². The molecule has 3 saturated heterocycles. The molecule has 1 aromatic carbocycles. The van der Waals surface area contributed by atoms with Gasteiger partial charge in [0.25, 0.3) is 11.8 Å². The monoisotopic (exact) mass is 568 g/mol. The number of carbonyl (C=O) groups is 5. The average molecular weight is 569 g/mol. The molecule has 1 aromatic rings. The molecule has 0 radical (unpaired) electrons. The van der Waals surface area contributed by atoms with Crippen LogP contribution in [0.1, 0.15) is 54.4 Å². The van der Waals surface area contributed by atoms with Gasteiger partial charge in [0.1, 0.15) is 11.8 Å². The standard InChI is InChI=1S/C24H30N4O5.C2HF3O2/c29-20-6-5-18(22(31)26-20)28-13-17-16(23(28)32)3-1-4-19(17)33-14-21(30)27-12-2-7-24(15-27)8-10-25-11-9-24;3-2(4,5)1(6)7/h1,3-4,18,25H,2,5-15H2,(H,26,29,31);(H,6,7). The predicted octanol–water partition coefficient (Wildman–Crippen LogP) is 1.45. The van der Waals surface area contributed by atoms with Crippen LogP contribution in [-0.4, -0.2) is 89.5 Å². The molecule has 5 rings (SSSR count). The molecule has 1 atom stereocenters. The highest BCUT2D eigenvalue weighted by atomic mass is 19.4. The number of nitrogens with one attached hydrogen (secondary N) is 2. The van der Waals surface area contributed by atoms with Crippen molar-refractivity contribution in [3.63, 3.8) is 0 Å². The Balaban J connectivity index is 0.000000470. The third kappa shape index (κ3) is 6.54. The van der Waals surface area contributed by atoms with Crippen molar-refractivity contribution in [2.24, 2.45) is 5.41 Å². The first-order valence-electron chi connectivity index (χ1n) is 13.1. The maximum Gasteiger partial charge on any atom is 0.490 e. The van der Waals surface area contributed by atoms with E-state index in [4.69, 9.17) is 14.6 Å². The number of rotatable bonds is 4. The molecule has 4 heterocycles. The van der Waals surface area contributed by atoms with Crippen LogP contribution in [-0.2, 0) is 25.7 Å². The van der Waals surface area contributed by atoms with Gasteiger partial charge in [-0.1, -0.05) is 6.07 Å². The summed E-state index contributed by atoms with van der Waals surface area (Å²) >= 11 is 0. The van der Waals surface area contributed by atoms with Crippen molar-refractivity contribution in [1.82, 2.24) is 20.4 Å². The molecule has 14 heteroatoms. The number of carboxylic acid groups (broad SMARTS) is 1. The number of ether oxygens (including phenoxy) is 1. The number of amides is 4. The van der Waals surface area contributed by atoms with Crippen LogP contribution in [0.15, 0.2) is 18.2 Å². The molecule has 0 aromatic heterocycles. The number of carbonyl (C=O) groups excluding carboxylic acids is 4. The lowest BCUT2D eigenvalue weighted by Crippen LogP contribution is -2.52. The van der Waals surface area contributed by atoms with Gasteiger partial charge in [-0.25, -0.2) is 4.79 Å². The molecule has 1 unspecified atom stereocenters. The zero-order valence-corrected chi connectivity index (χ0v) is 21.7. The first kappa shape index (κ1) is 29.3. The number of hydrogen-bond acceptors (Lipinski definition) is 7. The minimum Gasteiger partial charge on any atom is -0.483 e. The Morgan fingerprint density at radius 1 is 1.12 bits per heavy atom. The lowest BCUT2D eigenvalue weighted by atomic mass is 9.73. The highest BCUT2D eigenvalue weighted by Gasteiger charge is 2.41. The normalized spacial score (nSPS) is 22.3. The third-order valence-corrected chi connectivity index (χ3v) is 7.81. The quantitative estimate of drug-likeness (QED) is 0.463. The summed E-state index contributed by atoms with van der Waals surface area (Å²) < 4.78 is 37.7. The molecule has 1 spiro atoms. The Morgan fingerprint density at radius 2 is 1.82 bits per heavy atom. The van der Waals surface area contributed by atoms with Crippen molar-refractivity contribution in [3.05, 3.63) is 29.3 Å². The summed E-state index contributed by atoms with van der Waals surface area (Å²) in [6.07, 6.45) is -0.178. The first-order chi connectivity index (χ1) is 18.9. The average Bonchev–Trinajstić information content (AvgIpc) is 3.24. The van der Waals surface area contributed by atoms with Gasteiger partial charge in [-0.2, -0.15) is 13.2 Å². The van der Waals surface area contributed by atoms with Gasteiger partial charge in [0.2, 0.25) is 11.8 Å². The smallest absolute Gasteiger partial charge is 0.483 e. The number of hydrogen-bond donors (Lipinski definition) is 3. The maximum absolute atomic E-state index is 13.0. The van der Waals surface area contributed by atoms with E-state index < -0.39 is 24.1 Å². The SMILES string of the molecule is O=C(O)C(F)(F)F.O=C1CCC(N2Cc3c(OCC(=O)N4CCCC5(CCNCC5)C4)cccc3C2=O)C(=O)N1. The van der Waals surface area contributed by atoms with E-state index in [1.54, 1.807) is 18.2 Å². The fraction of sp³-hybridized carbons (Fsp3) is 0.577. The number of nitrogens with zero attached hydrogens (tertiary/aromatic N) is 2. The van der Waals surface area contributed by atoms with Crippen LogP contribution in [0.25, 0.3) is 0 Å². The largest absolute Gasteiger partial charge is 0.490 e. The van der Waals surface area contributed by atoms with Gasteiger partial charge in [-0.3, -0.25) is 24.5 Å². The van der Waals surface area contributed by atoms with Gasteiger partial charge < -0.3 is 25.0 Å². The number of piperidine rings is 3. The number of benzene rings is 1. The summed E-state index contributed by atoms with van der Waals surface area (Å²) in [7, 11) is 0. The Kier molecular flexibility index (Phi) is 8.66. The zero-order valence-electron chi connectivity index (χ0n) is 21.7. The summed E-state index contributed by atoms with van der Waals surface area (Å²) in [5.41, 5.74) is 1.40. The van der Waals surface area contributed by atoms with E-state index in [-0.39, 0.29) is 42.7 Å².